The summed E-state index contributed by atoms with van der Waals surface area (Å²) in [6, 6.07) is 0. The first-order chi connectivity index (χ1) is 9.90. The van der Waals surface area contributed by atoms with E-state index in [9.17, 15) is 0 Å². The molecule has 0 amide bonds. The molecule has 0 spiro atoms. The van der Waals surface area contributed by atoms with Crippen molar-refractivity contribution in [2.75, 3.05) is 36.0 Å². The number of hydrogen-bond acceptors (Lipinski definition) is 7. The van der Waals surface area contributed by atoms with Gasteiger partial charge in [0.15, 0.2) is 0 Å². The van der Waals surface area contributed by atoms with E-state index in [0.717, 1.165) is 43.0 Å². The molecule has 20 heavy (non-hydrogen) atoms. The lowest BCUT2D eigenvalue weighted by Gasteiger charge is -2.34. The standard InChI is InChI=1S/C13H16N6S/c1-2-10(1)12-16-13(20-17-12)19-7-5-18(6-8-19)11-9-14-3-4-15-11/h3-4,9-10H,1-2,5-8H2. The van der Waals surface area contributed by atoms with Crippen LogP contribution in [0.2, 0.25) is 0 Å². The first-order valence-electron chi connectivity index (χ1n) is 7.00. The van der Waals surface area contributed by atoms with Crippen molar-refractivity contribution in [1.82, 2.24) is 19.3 Å². The van der Waals surface area contributed by atoms with Gasteiger partial charge in [-0.05, 0) is 12.8 Å². The largest absolute Gasteiger partial charge is 0.352 e. The van der Waals surface area contributed by atoms with Crippen LogP contribution < -0.4 is 9.80 Å². The number of piperazine rings is 1. The number of rotatable bonds is 3. The van der Waals surface area contributed by atoms with Crippen LogP contribution in [-0.4, -0.2) is 45.5 Å². The fourth-order valence-electron chi connectivity index (χ4n) is 2.44. The number of aromatic nitrogens is 4. The Labute approximate surface area is 121 Å². The van der Waals surface area contributed by atoms with Gasteiger partial charge in [0.25, 0.3) is 0 Å². The van der Waals surface area contributed by atoms with Gasteiger partial charge in [0.05, 0.1) is 6.20 Å². The molecule has 1 saturated carbocycles. The predicted octanol–water partition coefficient (Wildman–Crippen LogP) is 1.53. The Bertz CT molecular complexity index is 574. The van der Waals surface area contributed by atoms with Gasteiger partial charge < -0.3 is 9.80 Å². The van der Waals surface area contributed by atoms with E-state index in [-0.39, 0.29) is 0 Å². The zero-order chi connectivity index (χ0) is 13.4. The minimum absolute atomic E-state index is 0.640. The van der Waals surface area contributed by atoms with E-state index in [0.29, 0.717) is 5.92 Å². The van der Waals surface area contributed by atoms with Crippen molar-refractivity contribution in [2.24, 2.45) is 0 Å². The Hall–Kier alpha value is -1.76. The van der Waals surface area contributed by atoms with Gasteiger partial charge in [-0.25, -0.2) is 9.97 Å². The summed E-state index contributed by atoms with van der Waals surface area (Å²) in [5, 5.41) is 1.07. The van der Waals surface area contributed by atoms with E-state index in [1.165, 1.54) is 24.4 Å². The number of nitrogens with zero attached hydrogens (tertiary/aromatic N) is 6. The SMILES string of the molecule is c1cnc(N2CCN(c3nc(C4CC4)ns3)CC2)cn1. The van der Waals surface area contributed by atoms with Gasteiger partial charge in [0.2, 0.25) is 5.13 Å². The fraction of sp³-hybridized carbons (Fsp3) is 0.538. The zero-order valence-electron chi connectivity index (χ0n) is 11.1. The topological polar surface area (TPSA) is 58.0 Å². The van der Waals surface area contributed by atoms with Gasteiger partial charge in [0, 0.05) is 56.0 Å². The molecule has 4 rings (SSSR count). The van der Waals surface area contributed by atoms with E-state index in [2.05, 4.69) is 29.1 Å². The molecule has 3 heterocycles. The summed E-state index contributed by atoms with van der Waals surface area (Å²) in [4.78, 5) is 17.8. The predicted molar refractivity (Wildman–Crippen MR) is 78.3 cm³/mol. The zero-order valence-corrected chi connectivity index (χ0v) is 12.0. The smallest absolute Gasteiger partial charge is 0.205 e. The second-order valence-electron chi connectivity index (χ2n) is 5.25. The third-order valence-corrected chi connectivity index (χ3v) is 4.59. The maximum Gasteiger partial charge on any atom is 0.205 e. The van der Waals surface area contributed by atoms with Gasteiger partial charge in [-0.1, -0.05) is 0 Å². The van der Waals surface area contributed by atoms with Gasteiger partial charge in [-0.3, -0.25) is 4.98 Å². The molecule has 104 valence electrons. The molecule has 1 aliphatic heterocycles. The molecule has 0 atom stereocenters. The molecule has 7 heteroatoms. The van der Waals surface area contributed by atoms with Crippen molar-refractivity contribution in [3.63, 3.8) is 0 Å². The summed E-state index contributed by atoms with van der Waals surface area (Å²) in [5.41, 5.74) is 0. The van der Waals surface area contributed by atoms with Crippen molar-refractivity contribution in [2.45, 2.75) is 18.8 Å². The van der Waals surface area contributed by atoms with Gasteiger partial charge in [0.1, 0.15) is 11.6 Å². The molecule has 2 aliphatic rings. The maximum absolute atomic E-state index is 4.68. The second kappa shape index (κ2) is 4.97. The quantitative estimate of drug-likeness (QED) is 0.854. The van der Waals surface area contributed by atoms with Gasteiger partial charge in [-0.2, -0.15) is 4.37 Å². The highest BCUT2D eigenvalue weighted by Gasteiger charge is 2.29. The van der Waals surface area contributed by atoms with Crippen LogP contribution in [0.4, 0.5) is 10.9 Å². The Morgan fingerprint density at radius 3 is 2.55 bits per heavy atom. The molecule has 2 fully saturated rings. The van der Waals surface area contributed by atoms with E-state index < -0.39 is 0 Å². The Balaban J connectivity index is 1.41. The lowest BCUT2D eigenvalue weighted by molar-refractivity contribution is 0.644. The lowest BCUT2D eigenvalue weighted by Crippen LogP contribution is -2.46. The van der Waals surface area contributed by atoms with Crippen LogP contribution in [0.15, 0.2) is 18.6 Å². The van der Waals surface area contributed by atoms with Gasteiger partial charge >= 0.3 is 0 Å². The van der Waals surface area contributed by atoms with Crippen LogP contribution in [-0.2, 0) is 0 Å². The molecular formula is C13H16N6S. The summed E-state index contributed by atoms with van der Waals surface area (Å²) in [7, 11) is 0. The maximum atomic E-state index is 4.68. The van der Waals surface area contributed by atoms with Crippen molar-refractivity contribution in [1.29, 1.82) is 0 Å². The van der Waals surface area contributed by atoms with Crippen LogP contribution in [0.1, 0.15) is 24.6 Å². The Kier molecular flexibility index (Phi) is 2.99. The van der Waals surface area contributed by atoms with Crippen LogP contribution in [0.25, 0.3) is 0 Å². The summed E-state index contributed by atoms with van der Waals surface area (Å²) >= 11 is 1.54. The highest BCUT2D eigenvalue weighted by molar-refractivity contribution is 7.09. The number of hydrogen-bond donors (Lipinski definition) is 0. The average Bonchev–Trinajstić information content (AvgIpc) is 3.26. The molecular weight excluding hydrogens is 272 g/mol. The first-order valence-corrected chi connectivity index (χ1v) is 7.77. The minimum atomic E-state index is 0.640. The molecule has 0 unspecified atom stereocenters. The van der Waals surface area contributed by atoms with Crippen LogP contribution >= 0.6 is 11.5 Å². The summed E-state index contributed by atoms with van der Waals surface area (Å²) in [5.74, 6) is 2.66. The molecule has 0 N–H and O–H groups in total. The molecule has 1 aliphatic carbocycles. The monoisotopic (exact) mass is 288 g/mol. The first kappa shape index (κ1) is 12.0. The Morgan fingerprint density at radius 2 is 1.85 bits per heavy atom. The normalized spacial score (nSPS) is 19.4. The second-order valence-corrected chi connectivity index (χ2v) is 5.98. The van der Waals surface area contributed by atoms with Gasteiger partial charge in [-0.15, -0.1) is 0 Å². The van der Waals surface area contributed by atoms with Crippen molar-refractivity contribution >= 4 is 22.5 Å². The van der Waals surface area contributed by atoms with Crippen LogP contribution in [0.5, 0.6) is 0 Å². The van der Waals surface area contributed by atoms with Crippen molar-refractivity contribution < 1.29 is 0 Å². The summed E-state index contributed by atoms with van der Waals surface area (Å²) in [6.07, 6.45) is 7.80. The highest BCUT2D eigenvalue weighted by Crippen LogP contribution is 2.39. The fourth-order valence-corrected chi connectivity index (χ4v) is 3.24. The molecule has 0 bridgehead atoms. The van der Waals surface area contributed by atoms with Crippen molar-refractivity contribution in [3.8, 4) is 0 Å². The van der Waals surface area contributed by atoms with E-state index in [1.807, 2.05) is 6.20 Å². The molecule has 6 nitrogen and oxygen atoms in total. The summed E-state index contributed by atoms with van der Waals surface area (Å²) in [6.45, 7) is 3.85. The molecule has 1 saturated heterocycles. The third kappa shape index (κ3) is 2.33. The van der Waals surface area contributed by atoms with E-state index in [1.54, 1.807) is 12.4 Å². The van der Waals surface area contributed by atoms with Crippen molar-refractivity contribution in [3.05, 3.63) is 24.4 Å². The molecule has 2 aromatic heterocycles. The molecule has 0 aromatic carbocycles. The Morgan fingerprint density at radius 1 is 1.05 bits per heavy atom. The number of anilines is 2. The van der Waals surface area contributed by atoms with E-state index in [4.69, 9.17) is 0 Å². The average molecular weight is 288 g/mol. The van der Waals surface area contributed by atoms with Crippen LogP contribution in [0, 0.1) is 0 Å². The summed E-state index contributed by atoms with van der Waals surface area (Å²) < 4.78 is 4.48. The van der Waals surface area contributed by atoms with Crippen LogP contribution in [0.3, 0.4) is 0 Å². The highest BCUT2D eigenvalue weighted by atomic mass is 32.1. The molecule has 0 radical (unpaired) electrons. The minimum Gasteiger partial charge on any atom is -0.352 e. The third-order valence-electron chi connectivity index (χ3n) is 3.80. The molecule has 2 aromatic rings. The lowest BCUT2D eigenvalue weighted by atomic mass is 10.3. The van der Waals surface area contributed by atoms with E-state index >= 15 is 0 Å².